The number of nitrogens with one attached hydrogen (secondary N) is 1. The number of benzene rings is 2. The molecular formula is C24H27N3O2. The highest BCUT2D eigenvalue weighted by Gasteiger charge is 2.20. The molecule has 1 atom stereocenters. The van der Waals surface area contributed by atoms with Crippen LogP contribution in [0.2, 0.25) is 0 Å². The lowest BCUT2D eigenvalue weighted by Crippen LogP contribution is -2.34. The minimum atomic E-state index is -0.287. The molecule has 0 bridgehead atoms. The smallest absolute Gasteiger partial charge is 0.272 e. The first kappa shape index (κ1) is 20.5. The Morgan fingerprint density at radius 3 is 2.28 bits per heavy atom. The molecule has 1 amide bonds. The van der Waals surface area contributed by atoms with Crippen molar-refractivity contribution in [3.05, 3.63) is 99.5 Å². The molecule has 150 valence electrons. The Morgan fingerprint density at radius 1 is 0.966 bits per heavy atom. The quantitative estimate of drug-likeness (QED) is 0.665. The third kappa shape index (κ3) is 5.19. The Hall–Kier alpha value is -3.21. The van der Waals surface area contributed by atoms with Crippen LogP contribution in [0.1, 0.15) is 54.0 Å². The van der Waals surface area contributed by atoms with Crippen molar-refractivity contribution in [2.45, 2.75) is 39.8 Å². The number of aryl methyl sites for hydroxylation is 1. The molecule has 0 saturated carbocycles. The number of hydrogen-bond donors (Lipinski definition) is 1. The number of aromatic nitrogens is 2. The second-order valence-electron chi connectivity index (χ2n) is 7.49. The predicted molar refractivity (Wildman–Crippen MR) is 115 cm³/mol. The average molecular weight is 389 g/mol. The van der Waals surface area contributed by atoms with E-state index in [1.807, 2.05) is 30.3 Å². The third-order valence-electron chi connectivity index (χ3n) is 4.97. The van der Waals surface area contributed by atoms with Crippen molar-refractivity contribution in [1.29, 1.82) is 0 Å². The molecule has 0 aliphatic heterocycles. The van der Waals surface area contributed by atoms with Crippen LogP contribution in [0.15, 0.2) is 71.5 Å². The van der Waals surface area contributed by atoms with Crippen molar-refractivity contribution in [3.63, 3.8) is 0 Å². The van der Waals surface area contributed by atoms with Crippen molar-refractivity contribution >= 4 is 5.91 Å². The van der Waals surface area contributed by atoms with Crippen molar-refractivity contribution < 1.29 is 4.79 Å². The summed E-state index contributed by atoms with van der Waals surface area (Å²) in [4.78, 5) is 25.1. The van der Waals surface area contributed by atoms with Gasteiger partial charge in [-0.2, -0.15) is 5.10 Å². The number of nitrogens with zero attached hydrogens (tertiary/aromatic N) is 2. The Morgan fingerprint density at radius 2 is 1.66 bits per heavy atom. The normalized spacial score (nSPS) is 12.0. The van der Waals surface area contributed by atoms with Crippen molar-refractivity contribution in [2.75, 3.05) is 0 Å². The Balaban J connectivity index is 1.81. The number of carbonyl (C=O) groups is 1. The highest BCUT2D eigenvalue weighted by Crippen LogP contribution is 2.22. The summed E-state index contributed by atoms with van der Waals surface area (Å²) in [6.07, 6.45) is 0.978. The van der Waals surface area contributed by atoms with Gasteiger partial charge in [0.2, 0.25) is 0 Å². The van der Waals surface area contributed by atoms with Gasteiger partial charge in [-0.15, -0.1) is 0 Å². The molecular weight excluding hydrogens is 362 g/mol. The molecule has 0 fully saturated rings. The maximum Gasteiger partial charge on any atom is 0.272 e. The summed E-state index contributed by atoms with van der Waals surface area (Å²) in [5.74, 6) is -0.0771. The second kappa shape index (κ2) is 9.32. The number of carbonyl (C=O) groups excluding carboxylic acids is 1. The van der Waals surface area contributed by atoms with Crippen LogP contribution in [0.3, 0.4) is 0 Å². The van der Waals surface area contributed by atoms with Gasteiger partial charge < -0.3 is 5.32 Å². The van der Waals surface area contributed by atoms with Gasteiger partial charge in [-0.3, -0.25) is 9.59 Å². The Bertz CT molecular complexity index is 1010. The zero-order chi connectivity index (χ0) is 20.8. The monoisotopic (exact) mass is 389 g/mol. The van der Waals surface area contributed by atoms with Crippen LogP contribution in [0.25, 0.3) is 0 Å². The van der Waals surface area contributed by atoms with Gasteiger partial charge in [-0.25, -0.2) is 4.68 Å². The SMILES string of the molecule is CCc1ccc([C@H](NC(=O)c2ccc(=O)n(Cc3ccccc3)n2)C(C)C)cc1. The maximum absolute atomic E-state index is 12.9. The van der Waals surface area contributed by atoms with Gasteiger partial charge >= 0.3 is 0 Å². The van der Waals surface area contributed by atoms with Crippen LogP contribution in [-0.4, -0.2) is 15.7 Å². The topological polar surface area (TPSA) is 64.0 Å². The predicted octanol–water partition coefficient (Wildman–Crippen LogP) is 3.98. The van der Waals surface area contributed by atoms with Gasteiger partial charge in [0.05, 0.1) is 12.6 Å². The standard InChI is InChI=1S/C24H27N3O2/c1-4-18-10-12-20(13-11-18)23(17(2)3)25-24(29)21-14-15-22(28)27(26-21)16-19-8-6-5-7-9-19/h5-15,17,23H,4,16H2,1-3H3,(H,25,29)/t23-/m1/s1. The lowest BCUT2D eigenvalue weighted by Gasteiger charge is -2.23. The van der Waals surface area contributed by atoms with Crippen LogP contribution in [0.4, 0.5) is 0 Å². The molecule has 1 heterocycles. The van der Waals surface area contributed by atoms with Crippen LogP contribution >= 0.6 is 0 Å². The summed E-state index contributed by atoms with van der Waals surface area (Å²) in [5, 5.41) is 7.37. The maximum atomic E-state index is 12.9. The number of rotatable bonds is 7. The fraction of sp³-hybridized carbons (Fsp3) is 0.292. The van der Waals surface area contributed by atoms with Crippen LogP contribution in [-0.2, 0) is 13.0 Å². The van der Waals surface area contributed by atoms with E-state index in [2.05, 4.69) is 55.5 Å². The van der Waals surface area contributed by atoms with Gasteiger partial charge in [0.15, 0.2) is 0 Å². The summed E-state index contributed by atoms with van der Waals surface area (Å²) in [6, 6.07) is 20.6. The lowest BCUT2D eigenvalue weighted by atomic mass is 9.94. The first-order chi connectivity index (χ1) is 14.0. The zero-order valence-corrected chi connectivity index (χ0v) is 17.1. The fourth-order valence-corrected chi connectivity index (χ4v) is 3.25. The second-order valence-corrected chi connectivity index (χ2v) is 7.49. The molecule has 5 nitrogen and oxygen atoms in total. The summed E-state index contributed by atoms with van der Waals surface area (Å²) in [6.45, 7) is 6.59. The summed E-state index contributed by atoms with van der Waals surface area (Å²) in [5.41, 5.74) is 3.27. The molecule has 0 aliphatic rings. The van der Waals surface area contributed by atoms with Crippen LogP contribution in [0, 0.1) is 5.92 Å². The van der Waals surface area contributed by atoms with Gasteiger partial charge in [-0.05, 0) is 35.1 Å². The van der Waals surface area contributed by atoms with Gasteiger partial charge in [0, 0.05) is 6.07 Å². The van der Waals surface area contributed by atoms with Crippen LogP contribution < -0.4 is 10.9 Å². The van der Waals surface area contributed by atoms with E-state index < -0.39 is 0 Å². The van der Waals surface area contributed by atoms with E-state index in [1.54, 1.807) is 0 Å². The van der Waals surface area contributed by atoms with E-state index >= 15 is 0 Å². The molecule has 0 spiro atoms. The number of hydrogen-bond acceptors (Lipinski definition) is 3. The fourth-order valence-electron chi connectivity index (χ4n) is 3.25. The van der Waals surface area contributed by atoms with Crippen molar-refractivity contribution in [1.82, 2.24) is 15.1 Å². The van der Waals surface area contributed by atoms with E-state index in [0.717, 1.165) is 17.5 Å². The van der Waals surface area contributed by atoms with E-state index in [1.165, 1.54) is 22.4 Å². The van der Waals surface area contributed by atoms with Crippen molar-refractivity contribution in [2.24, 2.45) is 5.92 Å². The third-order valence-corrected chi connectivity index (χ3v) is 4.97. The highest BCUT2D eigenvalue weighted by atomic mass is 16.2. The summed E-state index contributed by atoms with van der Waals surface area (Å²) < 4.78 is 1.32. The molecule has 3 rings (SSSR count). The molecule has 3 aromatic rings. The number of amides is 1. The summed E-state index contributed by atoms with van der Waals surface area (Å²) in [7, 11) is 0. The van der Waals surface area contributed by atoms with Gasteiger partial charge in [0.25, 0.3) is 11.5 Å². The largest absolute Gasteiger partial charge is 0.344 e. The molecule has 1 N–H and O–H groups in total. The van der Waals surface area contributed by atoms with E-state index in [-0.39, 0.29) is 29.1 Å². The molecule has 1 aromatic heterocycles. The minimum Gasteiger partial charge on any atom is -0.344 e. The highest BCUT2D eigenvalue weighted by molar-refractivity contribution is 5.92. The van der Waals surface area contributed by atoms with E-state index in [9.17, 15) is 9.59 Å². The first-order valence-electron chi connectivity index (χ1n) is 9.99. The van der Waals surface area contributed by atoms with Gasteiger partial charge in [-0.1, -0.05) is 75.4 Å². The molecule has 0 aliphatic carbocycles. The molecule has 0 saturated heterocycles. The van der Waals surface area contributed by atoms with Gasteiger partial charge in [0.1, 0.15) is 5.69 Å². The first-order valence-corrected chi connectivity index (χ1v) is 9.99. The molecule has 5 heteroatoms. The van der Waals surface area contributed by atoms with E-state index in [4.69, 9.17) is 0 Å². The average Bonchev–Trinajstić information content (AvgIpc) is 2.74. The molecule has 2 aromatic carbocycles. The molecule has 29 heavy (non-hydrogen) atoms. The lowest BCUT2D eigenvalue weighted by molar-refractivity contribution is 0.0918. The Kier molecular flexibility index (Phi) is 6.60. The molecule has 0 unspecified atom stereocenters. The minimum absolute atomic E-state index is 0.135. The van der Waals surface area contributed by atoms with E-state index in [0.29, 0.717) is 6.54 Å². The van der Waals surface area contributed by atoms with Crippen LogP contribution in [0.5, 0.6) is 0 Å². The van der Waals surface area contributed by atoms with Crippen molar-refractivity contribution in [3.8, 4) is 0 Å². The summed E-state index contributed by atoms with van der Waals surface area (Å²) >= 11 is 0. The zero-order valence-electron chi connectivity index (χ0n) is 17.1. The Labute approximate surface area is 171 Å². The molecule has 0 radical (unpaired) electrons.